The number of piperidine rings is 1. The summed E-state index contributed by atoms with van der Waals surface area (Å²) in [6.07, 6.45) is 6.77. The lowest BCUT2D eigenvalue weighted by Gasteiger charge is -2.33. The SMILES string of the molecule is O=C(NCc1ccc(F)c(Cl)c1)[C@H]1CCCN(c2cnc3nccnc3c2)C1. The zero-order valence-corrected chi connectivity index (χ0v) is 15.9. The van der Waals surface area contributed by atoms with Crippen molar-refractivity contribution in [3.05, 3.63) is 59.3 Å². The standard InChI is InChI=1S/C20H19ClFN5O/c21-16-8-13(3-4-17(16)22)10-26-20(28)14-2-1-7-27(12-14)15-9-18-19(25-11-15)24-6-5-23-18/h3-6,8-9,11,14H,1-2,7,10,12H2,(H,26,28)/t14-/m0/s1. The second kappa shape index (κ2) is 8.06. The van der Waals surface area contributed by atoms with Crippen LogP contribution in [0, 0.1) is 11.7 Å². The van der Waals surface area contributed by atoms with Gasteiger partial charge in [-0.15, -0.1) is 0 Å². The fraction of sp³-hybridized carbons (Fsp3) is 0.300. The molecular formula is C20H19ClFN5O. The van der Waals surface area contributed by atoms with Gasteiger partial charge in [-0.05, 0) is 36.6 Å². The number of carbonyl (C=O) groups excluding carboxylic acids is 1. The van der Waals surface area contributed by atoms with Gasteiger partial charge in [0.25, 0.3) is 0 Å². The molecule has 1 aromatic carbocycles. The van der Waals surface area contributed by atoms with Crippen molar-refractivity contribution in [2.75, 3.05) is 18.0 Å². The van der Waals surface area contributed by atoms with Crippen LogP contribution in [0.15, 0.2) is 42.9 Å². The highest BCUT2D eigenvalue weighted by Crippen LogP contribution is 2.24. The average molecular weight is 400 g/mol. The largest absolute Gasteiger partial charge is 0.369 e. The maximum Gasteiger partial charge on any atom is 0.225 e. The van der Waals surface area contributed by atoms with Gasteiger partial charge in [-0.3, -0.25) is 9.78 Å². The van der Waals surface area contributed by atoms with Crippen LogP contribution in [0.25, 0.3) is 11.2 Å². The quantitative estimate of drug-likeness (QED) is 0.728. The van der Waals surface area contributed by atoms with Gasteiger partial charge >= 0.3 is 0 Å². The van der Waals surface area contributed by atoms with E-state index in [1.807, 2.05) is 6.07 Å². The number of carbonyl (C=O) groups is 1. The molecule has 1 amide bonds. The lowest BCUT2D eigenvalue weighted by Crippen LogP contribution is -2.43. The minimum absolute atomic E-state index is 0.0151. The van der Waals surface area contributed by atoms with Crippen LogP contribution in [0.4, 0.5) is 10.1 Å². The van der Waals surface area contributed by atoms with E-state index in [1.54, 1.807) is 24.7 Å². The second-order valence-electron chi connectivity index (χ2n) is 6.84. The first-order valence-electron chi connectivity index (χ1n) is 9.13. The van der Waals surface area contributed by atoms with Gasteiger partial charge in [0.15, 0.2) is 5.65 Å². The molecule has 0 aliphatic carbocycles. The van der Waals surface area contributed by atoms with Crippen molar-refractivity contribution in [1.29, 1.82) is 0 Å². The highest BCUT2D eigenvalue weighted by molar-refractivity contribution is 6.30. The highest BCUT2D eigenvalue weighted by Gasteiger charge is 2.26. The van der Waals surface area contributed by atoms with Crippen molar-refractivity contribution in [1.82, 2.24) is 20.3 Å². The van der Waals surface area contributed by atoms with Crippen LogP contribution in [0.3, 0.4) is 0 Å². The Morgan fingerprint density at radius 1 is 1.25 bits per heavy atom. The molecule has 1 atom stereocenters. The van der Waals surface area contributed by atoms with Gasteiger partial charge in [-0.25, -0.2) is 14.4 Å². The summed E-state index contributed by atoms with van der Waals surface area (Å²) in [7, 11) is 0. The van der Waals surface area contributed by atoms with Gasteiger partial charge in [-0.1, -0.05) is 17.7 Å². The Kier molecular flexibility index (Phi) is 5.34. The normalized spacial score (nSPS) is 16.9. The van der Waals surface area contributed by atoms with Crippen molar-refractivity contribution < 1.29 is 9.18 Å². The van der Waals surface area contributed by atoms with E-state index >= 15 is 0 Å². The van der Waals surface area contributed by atoms with E-state index in [4.69, 9.17) is 11.6 Å². The Bertz CT molecular complexity index is 1010. The van der Waals surface area contributed by atoms with Crippen LogP contribution in [-0.2, 0) is 11.3 Å². The minimum Gasteiger partial charge on any atom is -0.369 e. The van der Waals surface area contributed by atoms with E-state index in [9.17, 15) is 9.18 Å². The Balaban J connectivity index is 1.40. The smallest absolute Gasteiger partial charge is 0.225 e. The third kappa shape index (κ3) is 4.04. The van der Waals surface area contributed by atoms with Gasteiger partial charge in [-0.2, -0.15) is 0 Å². The van der Waals surface area contributed by atoms with Crippen molar-refractivity contribution in [2.24, 2.45) is 5.92 Å². The van der Waals surface area contributed by atoms with E-state index in [-0.39, 0.29) is 16.8 Å². The molecule has 1 aliphatic heterocycles. The predicted molar refractivity (Wildman–Crippen MR) is 106 cm³/mol. The van der Waals surface area contributed by atoms with Gasteiger partial charge in [0.2, 0.25) is 5.91 Å². The lowest BCUT2D eigenvalue weighted by atomic mass is 9.96. The Morgan fingerprint density at radius 2 is 2.11 bits per heavy atom. The van der Waals surface area contributed by atoms with Crippen molar-refractivity contribution in [3.8, 4) is 0 Å². The third-order valence-corrected chi connectivity index (χ3v) is 5.21. The molecule has 1 fully saturated rings. The number of amides is 1. The zero-order chi connectivity index (χ0) is 19.5. The Morgan fingerprint density at radius 3 is 2.96 bits per heavy atom. The molecule has 144 valence electrons. The topological polar surface area (TPSA) is 71.0 Å². The van der Waals surface area contributed by atoms with Crippen LogP contribution in [0.5, 0.6) is 0 Å². The number of fused-ring (bicyclic) bond motifs is 1. The molecule has 0 spiro atoms. The van der Waals surface area contributed by atoms with Crippen LogP contribution >= 0.6 is 11.6 Å². The highest BCUT2D eigenvalue weighted by atomic mass is 35.5. The molecule has 0 saturated carbocycles. The average Bonchev–Trinajstić information content (AvgIpc) is 2.74. The molecular weight excluding hydrogens is 381 g/mol. The number of hydrogen-bond donors (Lipinski definition) is 1. The summed E-state index contributed by atoms with van der Waals surface area (Å²) < 4.78 is 13.3. The van der Waals surface area contributed by atoms with Crippen molar-refractivity contribution in [3.63, 3.8) is 0 Å². The van der Waals surface area contributed by atoms with Gasteiger partial charge in [0, 0.05) is 32.0 Å². The predicted octanol–water partition coefficient (Wildman–Crippen LogP) is 3.35. The number of pyridine rings is 1. The summed E-state index contributed by atoms with van der Waals surface area (Å²) in [4.78, 5) is 27.6. The first-order chi connectivity index (χ1) is 13.6. The molecule has 0 radical (unpaired) electrons. The maximum absolute atomic E-state index is 13.3. The van der Waals surface area contributed by atoms with Crippen LogP contribution in [0.1, 0.15) is 18.4 Å². The summed E-state index contributed by atoms with van der Waals surface area (Å²) in [5, 5.41) is 2.99. The number of anilines is 1. The molecule has 4 rings (SSSR count). The fourth-order valence-corrected chi connectivity index (χ4v) is 3.63. The van der Waals surface area contributed by atoms with Gasteiger partial charge in [0.05, 0.1) is 22.8 Å². The Hall–Kier alpha value is -2.80. The molecule has 28 heavy (non-hydrogen) atoms. The molecule has 1 N–H and O–H groups in total. The van der Waals surface area contributed by atoms with E-state index in [2.05, 4.69) is 25.2 Å². The Labute approximate surface area is 166 Å². The number of halogens is 2. The van der Waals surface area contributed by atoms with Gasteiger partial charge in [0.1, 0.15) is 11.3 Å². The number of hydrogen-bond acceptors (Lipinski definition) is 5. The fourth-order valence-electron chi connectivity index (χ4n) is 3.43. The third-order valence-electron chi connectivity index (χ3n) is 4.92. The molecule has 1 aliphatic rings. The lowest BCUT2D eigenvalue weighted by molar-refractivity contribution is -0.125. The van der Waals surface area contributed by atoms with Crippen LogP contribution < -0.4 is 10.2 Å². The van der Waals surface area contributed by atoms with Crippen molar-refractivity contribution >= 4 is 34.4 Å². The zero-order valence-electron chi connectivity index (χ0n) is 15.1. The number of nitrogens with one attached hydrogen (secondary N) is 1. The molecule has 1 saturated heterocycles. The second-order valence-corrected chi connectivity index (χ2v) is 7.25. The molecule has 6 nitrogen and oxygen atoms in total. The number of rotatable bonds is 4. The van der Waals surface area contributed by atoms with E-state index < -0.39 is 5.82 Å². The first kappa shape index (κ1) is 18.6. The van der Waals surface area contributed by atoms with Crippen LogP contribution in [0.2, 0.25) is 5.02 Å². The van der Waals surface area contributed by atoms with E-state index in [0.29, 0.717) is 18.7 Å². The minimum atomic E-state index is -0.464. The molecule has 8 heteroatoms. The number of nitrogens with zero attached hydrogens (tertiary/aromatic N) is 4. The molecule has 3 heterocycles. The van der Waals surface area contributed by atoms with E-state index in [0.717, 1.165) is 36.2 Å². The monoisotopic (exact) mass is 399 g/mol. The summed E-state index contributed by atoms with van der Waals surface area (Å²) >= 11 is 5.80. The summed E-state index contributed by atoms with van der Waals surface area (Å²) in [5.74, 6) is -0.603. The molecule has 0 bridgehead atoms. The first-order valence-corrected chi connectivity index (χ1v) is 9.51. The van der Waals surface area contributed by atoms with Crippen molar-refractivity contribution in [2.45, 2.75) is 19.4 Å². The molecule has 3 aromatic rings. The number of benzene rings is 1. The van der Waals surface area contributed by atoms with E-state index in [1.165, 1.54) is 12.1 Å². The summed E-state index contributed by atoms with van der Waals surface area (Å²) in [6.45, 7) is 1.80. The summed E-state index contributed by atoms with van der Waals surface area (Å²) in [6, 6.07) is 6.42. The summed E-state index contributed by atoms with van der Waals surface area (Å²) in [5.41, 5.74) is 3.05. The molecule has 2 aromatic heterocycles. The van der Waals surface area contributed by atoms with Gasteiger partial charge < -0.3 is 10.2 Å². The molecule has 0 unspecified atom stereocenters. The van der Waals surface area contributed by atoms with Crippen LogP contribution in [-0.4, -0.2) is 33.9 Å². The number of aromatic nitrogens is 3. The maximum atomic E-state index is 13.3.